The van der Waals surface area contributed by atoms with E-state index in [4.69, 9.17) is 14.2 Å². The summed E-state index contributed by atoms with van der Waals surface area (Å²) in [4.78, 5) is 37.9. The number of hydrogen-bond acceptors (Lipinski definition) is 6. The monoisotopic (exact) mass is 855 g/mol. The molecule has 6 heteroatoms. The molecule has 0 rings (SSSR count). The van der Waals surface area contributed by atoms with Crippen molar-refractivity contribution in [2.75, 3.05) is 13.2 Å². The molecule has 0 spiro atoms. The molecule has 0 bridgehead atoms. The Morgan fingerprint density at radius 3 is 0.967 bits per heavy atom. The van der Waals surface area contributed by atoms with Crippen LogP contribution in [0.4, 0.5) is 0 Å². The van der Waals surface area contributed by atoms with Crippen molar-refractivity contribution in [1.82, 2.24) is 0 Å². The fraction of sp³-hybridized carbons (Fsp3) is 0.800. The van der Waals surface area contributed by atoms with Crippen molar-refractivity contribution in [3.63, 3.8) is 0 Å². The van der Waals surface area contributed by atoms with Gasteiger partial charge in [0.25, 0.3) is 0 Å². The average Bonchev–Trinajstić information content (AvgIpc) is 3.26. The van der Waals surface area contributed by atoms with E-state index < -0.39 is 6.10 Å². The standard InChI is InChI=1S/C55H98O6/c1-4-7-10-13-16-19-22-24-26-27-29-31-34-36-39-42-45-48-54(57)60-51-52(61-55(58)49-46-43-40-37-32-21-18-15-12-9-6-3)50-59-53(56)47-44-41-38-35-33-30-28-25-23-20-17-14-11-8-5-2/h16,19,24-26,28-29,31,52H,4-15,17-18,20-23,27,30,32-51H2,1-3H3/b19-16-,26-24-,28-25-,31-29-/t52-/m0/s1. The molecule has 0 saturated heterocycles. The summed E-state index contributed by atoms with van der Waals surface area (Å²) >= 11 is 0. The first-order chi connectivity index (χ1) is 30.0. The van der Waals surface area contributed by atoms with Crippen LogP contribution in [-0.4, -0.2) is 37.2 Å². The Balaban J connectivity index is 4.38. The summed E-state index contributed by atoms with van der Waals surface area (Å²) in [5.74, 6) is -0.906. The van der Waals surface area contributed by atoms with Crippen LogP contribution in [0.5, 0.6) is 0 Å². The molecule has 0 aromatic heterocycles. The molecule has 0 aromatic carbocycles. The highest BCUT2D eigenvalue weighted by Crippen LogP contribution is 2.15. The Morgan fingerprint density at radius 1 is 0.328 bits per heavy atom. The average molecular weight is 855 g/mol. The van der Waals surface area contributed by atoms with Gasteiger partial charge in [-0.05, 0) is 83.5 Å². The first kappa shape index (κ1) is 58.4. The number of rotatable bonds is 47. The van der Waals surface area contributed by atoms with Crippen LogP contribution < -0.4 is 0 Å². The molecule has 354 valence electrons. The molecular weight excluding hydrogens is 757 g/mol. The molecule has 0 N–H and O–H groups in total. The molecule has 0 unspecified atom stereocenters. The fourth-order valence-electron chi connectivity index (χ4n) is 7.33. The molecule has 0 saturated carbocycles. The van der Waals surface area contributed by atoms with Gasteiger partial charge in [0, 0.05) is 19.3 Å². The molecule has 1 atom stereocenters. The van der Waals surface area contributed by atoms with Crippen LogP contribution in [0.15, 0.2) is 48.6 Å². The van der Waals surface area contributed by atoms with E-state index in [1.807, 2.05) is 0 Å². The largest absolute Gasteiger partial charge is 0.462 e. The van der Waals surface area contributed by atoms with Crippen LogP contribution >= 0.6 is 0 Å². The Morgan fingerprint density at radius 2 is 0.590 bits per heavy atom. The smallest absolute Gasteiger partial charge is 0.306 e. The predicted molar refractivity (Wildman–Crippen MR) is 261 cm³/mol. The van der Waals surface area contributed by atoms with Gasteiger partial charge in [-0.25, -0.2) is 0 Å². The van der Waals surface area contributed by atoms with Gasteiger partial charge in [0.2, 0.25) is 0 Å². The van der Waals surface area contributed by atoms with Gasteiger partial charge in [-0.2, -0.15) is 0 Å². The van der Waals surface area contributed by atoms with Crippen molar-refractivity contribution in [2.24, 2.45) is 0 Å². The second-order valence-corrected chi connectivity index (χ2v) is 17.4. The zero-order chi connectivity index (χ0) is 44.4. The van der Waals surface area contributed by atoms with E-state index in [0.717, 1.165) is 89.9 Å². The summed E-state index contributed by atoms with van der Waals surface area (Å²) in [6, 6.07) is 0. The Labute approximate surface area is 378 Å². The first-order valence-corrected chi connectivity index (χ1v) is 26.1. The van der Waals surface area contributed by atoms with Gasteiger partial charge in [0.15, 0.2) is 6.10 Å². The highest BCUT2D eigenvalue weighted by atomic mass is 16.6. The van der Waals surface area contributed by atoms with Crippen LogP contribution in [0.3, 0.4) is 0 Å². The van der Waals surface area contributed by atoms with Crippen LogP contribution in [0.2, 0.25) is 0 Å². The minimum atomic E-state index is -0.782. The summed E-state index contributed by atoms with van der Waals surface area (Å²) in [6.45, 7) is 6.58. The van der Waals surface area contributed by atoms with E-state index in [-0.39, 0.29) is 31.1 Å². The number of carbonyl (C=O) groups excluding carboxylic acids is 3. The van der Waals surface area contributed by atoms with Crippen LogP contribution in [-0.2, 0) is 28.6 Å². The lowest BCUT2D eigenvalue weighted by Gasteiger charge is -2.18. The summed E-state index contributed by atoms with van der Waals surface area (Å²) in [5.41, 5.74) is 0. The van der Waals surface area contributed by atoms with Gasteiger partial charge >= 0.3 is 17.9 Å². The van der Waals surface area contributed by atoms with Crippen molar-refractivity contribution < 1.29 is 28.6 Å². The fourth-order valence-corrected chi connectivity index (χ4v) is 7.33. The summed E-state index contributed by atoms with van der Waals surface area (Å²) in [5, 5.41) is 0. The number of allylic oxidation sites excluding steroid dienone is 8. The zero-order valence-electron chi connectivity index (χ0n) is 40.4. The lowest BCUT2D eigenvalue weighted by atomic mass is 10.1. The van der Waals surface area contributed by atoms with Crippen LogP contribution in [0, 0.1) is 0 Å². The lowest BCUT2D eigenvalue weighted by Crippen LogP contribution is -2.30. The topological polar surface area (TPSA) is 78.9 Å². The van der Waals surface area contributed by atoms with Gasteiger partial charge in [-0.3, -0.25) is 14.4 Å². The van der Waals surface area contributed by atoms with Crippen LogP contribution in [0.25, 0.3) is 0 Å². The van der Waals surface area contributed by atoms with Crippen LogP contribution in [0.1, 0.15) is 265 Å². The molecule has 0 amide bonds. The van der Waals surface area contributed by atoms with E-state index in [1.54, 1.807) is 0 Å². The lowest BCUT2D eigenvalue weighted by molar-refractivity contribution is -0.167. The molecule has 0 fully saturated rings. The molecule has 0 heterocycles. The highest BCUT2D eigenvalue weighted by Gasteiger charge is 2.19. The quantitative estimate of drug-likeness (QED) is 0.0263. The Hall–Kier alpha value is -2.63. The maximum atomic E-state index is 12.8. The predicted octanol–water partition coefficient (Wildman–Crippen LogP) is 17.1. The van der Waals surface area contributed by atoms with E-state index in [9.17, 15) is 14.4 Å². The Bertz CT molecular complexity index is 1070. The summed E-state index contributed by atoms with van der Waals surface area (Å²) in [6.07, 6.45) is 59.5. The number of unbranched alkanes of at least 4 members (excludes halogenated alkanes) is 28. The van der Waals surface area contributed by atoms with Crippen molar-refractivity contribution in [2.45, 2.75) is 271 Å². The molecular formula is C55H98O6. The minimum Gasteiger partial charge on any atom is -0.462 e. The Kier molecular flexibility index (Phi) is 47.9. The van der Waals surface area contributed by atoms with Gasteiger partial charge in [0.05, 0.1) is 0 Å². The van der Waals surface area contributed by atoms with E-state index in [0.29, 0.717) is 19.3 Å². The normalized spacial score (nSPS) is 12.4. The van der Waals surface area contributed by atoms with Gasteiger partial charge < -0.3 is 14.2 Å². The zero-order valence-corrected chi connectivity index (χ0v) is 40.4. The van der Waals surface area contributed by atoms with Gasteiger partial charge in [-0.15, -0.1) is 0 Å². The third-order valence-electron chi connectivity index (χ3n) is 11.3. The SMILES string of the molecule is CCCCC/C=C\C/C=C\C/C=C\CCCCCCC(=O)OC[C@H](COC(=O)CCCCCCC/C=C\CCCCCCCC)OC(=O)CCCCCCCCCCCCC. The summed E-state index contributed by atoms with van der Waals surface area (Å²) in [7, 11) is 0. The molecule has 0 aliphatic heterocycles. The number of ether oxygens (including phenoxy) is 3. The maximum Gasteiger partial charge on any atom is 0.306 e. The maximum absolute atomic E-state index is 12.8. The molecule has 0 aliphatic carbocycles. The summed E-state index contributed by atoms with van der Waals surface area (Å²) < 4.78 is 16.8. The first-order valence-electron chi connectivity index (χ1n) is 26.1. The number of hydrogen-bond donors (Lipinski definition) is 0. The van der Waals surface area contributed by atoms with E-state index in [2.05, 4.69) is 69.4 Å². The molecule has 0 radical (unpaired) electrons. The molecule has 6 nitrogen and oxygen atoms in total. The highest BCUT2D eigenvalue weighted by molar-refractivity contribution is 5.71. The second-order valence-electron chi connectivity index (χ2n) is 17.4. The van der Waals surface area contributed by atoms with Crippen molar-refractivity contribution >= 4 is 17.9 Å². The van der Waals surface area contributed by atoms with Crippen molar-refractivity contribution in [3.05, 3.63) is 48.6 Å². The van der Waals surface area contributed by atoms with Gasteiger partial charge in [0.1, 0.15) is 13.2 Å². The minimum absolute atomic E-state index is 0.0827. The molecule has 61 heavy (non-hydrogen) atoms. The molecule has 0 aromatic rings. The third kappa shape index (κ3) is 48.3. The molecule has 0 aliphatic rings. The van der Waals surface area contributed by atoms with Crippen molar-refractivity contribution in [3.8, 4) is 0 Å². The van der Waals surface area contributed by atoms with Gasteiger partial charge in [-0.1, -0.05) is 211 Å². The van der Waals surface area contributed by atoms with E-state index >= 15 is 0 Å². The van der Waals surface area contributed by atoms with E-state index in [1.165, 1.54) is 135 Å². The van der Waals surface area contributed by atoms with Crippen molar-refractivity contribution in [1.29, 1.82) is 0 Å². The third-order valence-corrected chi connectivity index (χ3v) is 11.3. The number of esters is 3. The number of carbonyl (C=O) groups is 3. The second kappa shape index (κ2) is 50.0.